The maximum atomic E-state index is 14.7. The number of rotatable bonds is 6. The zero-order chi connectivity index (χ0) is 31.3. The Morgan fingerprint density at radius 2 is 1.45 bits per heavy atom. The first-order valence-corrected chi connectivity index (χ1v) is 12.3. The molecule has 1 fully saturated rings. The highest BCUT2D eigenvalue weighted by atomic mass is 35.5. The first kappa shape index (κ1) is 31.0. The lowest BCUT2D eigenvalue weighted by Crippen LogP contribution is -2.20. The van der Waals surface area contributed by atoms with Gasteiger partial charge in [0.25, 0.3) is 5.91 Å². The molecule has 42 heavy (non-hydrogen) atoms. The van der Waals surface area contributed by atoms with Gasteiger partial charge in [0, 0.05) is 24.6 Å². The average Bonchev–Trinajstić information content (AvgIpc) is 3.46. The van der Waals surface area contributed by atoms with E-state index in [2.05, 4.69) is 5.32 Å². The van der Waals surface area contributed by atoms with E-state index in [0.717, 1.165) is 19.1 Å². The lowest BCUT2D eigenvalue weighted by molar-refractivity contribution is -0.140. The summed E-state index contributed by atoms with van der Waals surface area (Å²) in [5, 5.41) is 5.91. The molecule has 0 unspecified atom stereocenters. The van der Waals surface area contributed by atoms with Crippen LogP contribution in [0, 0.1) is 35.0 Å². The fraction of sp³-hybridized carbons (Fsp3) is 0.192. The standard InChI is InChI=1S/C26H15Cl2F8N3O3/c1-9(40)37-22-15(30)4-5-17(21(22)33)39-23(41)12-7-11(8-16(31)20(12)32)38-24(42)19-18(25(19,27)28)10-2-3-14(29)13(6-10)26(34,35)36/h2-8,18-19H,1H3,(H,37,40)(H,38,42)(H,39,41)/t18-,19+/m0/s1. The van der Waals surface area contributed by atoms with E-state index in [-0.39, 0.29) is 5.56 Å². The predicted octanol–water partition coefficient (Wildman–Crippen LogP) is 7.14. The summed E-state index contributed by atoms with van der Waals surface area (Å²) < 4.78 is 109. The van der Waals surface area contributed by atoms with Gasteiger partial charge in [0.1, 0.15) is 21.7 Å². The number of benzene rings is 3. The van der Waals surface area contributed by atoms with Crippen molar-refractivity contribution in [2.75, 3.05) is 16.0 Å². The molecule has 0 spiro atoms. The van der Waals surface area contributed by atoms with Crippen LogP contribution < -0.4 is 16.0 Å². The Bertz CT molecular complexity index is 1630. The van der Waals surface area contributed by atoms with E-state index in [1.165, 1.54) is 0 Å². The minimum Gasteiger partial charge on any atom is -0.326 e. The second-order valence-electron chi connectivity index (χ2n) is 9.10. The van der Waals surface area contributed by atoms with Gasteiger partial charge in [-0.2, -0.15) is 13.2 Å². The van der Waals surface area contributed by atoms with Crippen LogP contribution >= 0.6 is 23.2 Å². The highest BCUT2D eigenvalue weighted by molar-refractivity contribution is 6.53. The van der Waals surface area contributed by atoms with Crippen molar-refractivity contribution < 1.29 is 49.5 Å². The number of hydrogen-bond acceptors (Lipinski definition) is 3. The van der Waals surface area contributed by atoms with Crippen LogP contribution in [0.3, 0.4) is 0 Å². The van der Waals surface area contributed by atoms with Crippen molar-refractivity contribution in [1.82, 2.24) is 0 Å². The lowest BCUT2D eigenvalue weighted by Gasteiger charge is -2.13. The summed E-state index contributed by atoms with van der Waals surface area (Å²) in [6.45, 7) is 0.962. The number of alkyl halides is 5. The van der Waals surface area contributed by atoms with Gasteiger partial charge in [-0.3, -0.25) is 14.4 Å². The molecule has 0 aliphatic heterocycles. The number of nitrogens with one attached hydrogen (secondary N) is 3. The van der Waals surface area contributed by atoms with E-state index in [9.17, 15) is 49.5 Å². The first-order chi connectivity index (χ1) is 19.4. The summed E-state index contributed by atoms with van der Waals surface area (Å²) in [4.78, 5) is 36.8. The Balaban J connectivity index is 1.57. The zero-order valence-electron chi connectivity index (χ0n) is 20.7. The molecular weight excluding hydrogens is 625 g/mol. The monoisotopic (exact) mass is 639 g/mol. The summed E-state index contributed by atoms with van der Waals surface area (Å²) >= 11 is 12.2. The lowest BCUT2D eigenvalue weighted by atomic mass is 10.0. The maximum Gasteiger partial charge on any atom is 0.419 e. The van der Waals surface area contributed by atoms with Crippen LogP contribution in [0.1, 0.15) is 34.3 Å². The molecule has 1 aliphatic rings. The van der Waals surface area contributed by atoms with E-state index in [4.69, 9.17) is 23.2 Å². The van der Waals surface area contributed by atoms with Crippen LogP contribution in [-0.2, 0) is 15.8 Å². The highest BCUT2D eigenvalue weighted by Gasteiger charge is 2.67. The van der Waals surface area contributed by atoms with Gasteiger partial charge in [0.15, 0.2) is 17.5 Å². The molecule has 3 aromatic rings. The third-order valence-electron chi connectivity index (χ3n) is 6.17. The quantitative estimate of drug-likeness (QED) is 0.198. The molecule has 222 valence electrons. The van der Waals surface area contributed by atoms with Gasteiger partial charge in [-0.1, -0.05) is 6.07 Å². The fourth-order valence-corrected chi connectivity index (χ4v) is 5.03. The molecule has 6 nitrogen and oxygen atoms in total. The topological polar surface area (TPSA) is 87.3 Å². The van der Waals surface area contributed by atoms with Gasteiger partial charge in [-0.25, -0.2) is 22.0 Å². The molecule has 2 atom stereocenters. The van der Waals surface area contributed by atoms with Gasteiger partial charge in [-0.15, -0.1) is 23.2 Å². The number of carbonyl (C=O) groups is 3. The van der Waals surface area contributed by atoms with Gasteiger partial charge in [0.05, 0.1) is 22.7 Å². The molecular formula is C26H15Cl2F8N3O3. The van der Waals surface area contributed by atoms with Crippen LogP contribution in [0.25, 0.3) is 0 Å². The van der Waals surface area contributed by atoms with Crippen molar-refractivity contribution in [2.24, 2.45) is 5.92 Å². The largest absolute Gasteiger partial charge is 0.419 e. The Morgan fingerprint density at radius 1 is 0.810 bits per heavy atom. The van der Waals surface area contributed by atoms with E-state index in [0.29, 0.717) is 30.3 Å². The molecule has 0 heterocycles. The molecule has 1 saturated carbocycles. The number of anilines is 3. The molecule has 4 rings (SSSR count). The van der Waals surface area contributed by atoms with Crippen LogP contribution in [0.4, 0.5) is 52.2 Å². The van der Waals surface area contributed by atoms with E-state index in [1.54, 1.807) is 0 Å². The normalized spacial score (nSPS) is 17.4. The SMILES string of the molecule is CC(=O)Nc1c(F)ccc(NC(=O)c2cc(NC(=O)[C@H]3[C@H](c4ccc(F)c(C(F)(F)F)c4)C3(Cl)Cl)cc(F)c2F)c1F. The molecule has 3 aromatic carbocycles. The third-order valence-corrected chi connectivity index (χ3v) is 7.11. The molecule has 16 heteroatoms. The predicted molar refractivity (Wildman–Crippen MR) is 136 cm³/mol. The minimum absolute atomic E-state index is 0.223. The van der Waals surface area contributed by atoms with Crippen molar-refractivity contribution in [1.29, 1.82) is 0 Å². The minimum atomic E-state index is -5.06. The third kappa shape index (κ3) is 6.00. The number of halogens is 10. The Hall–Kier alpha value is -3.91. The average molecular weight is 640 g/mol. The summed E-state index contributed by atoms with van der Waals surface area (Å²) in [7, 11) is 0. The molecule has 0 saturated heterocycles. The Kier molecular flexibility index (Phi) is 8.17. The van der Waals surface area contributed by atoms with Crippen molar-refractivity contribution in [3.05, 3.63) is 88.2 Å². The summed E-state index contributed by atoms with van der Waals surface area (Å²) in [5.74, 6) is -13.6. The molecule has 1 aliphatic carbocycles. The molecule has 0 aromatic heterocycles. The number of amides is 3. The molecule has 0 bridgehead atoms. The summed E-state index contributed by atoms with van der Waals surface area (Å²) in [6, 6.07) is 4.49. The van der Waals surface area contributed by atoms with Crippen molar-refractivity contribution in [3.8, 4) is 0 Å². The van der Waals surface area contributed by atoms with Gasteiger partial charge in [0.2, 0.25) is 11.8 Å². The second kappa shape index (κ2) is 11.1. The van der Waals surface area contributed by atoms with Gasteiger partial charge < -0.3 is 16.0 Å². The smallest absolute Gasteiger partial charge is 0.326 e. The zero-order valence-corrected chi connectivity index (χ0v) is 22.2. The maximum absolute atomic E-state index is 14.7. The van der Waals surface area contributed by atoms with Crippen molar-refractivity contribution >= 4 is 58.0 Å². The van der Waals surface area contributed by atoms with Crippen LogP contribution in [0.2, 0.25) is 0 Å². The number of carbonyl (C=O) groups excluding carboxylic acids is 3. The van der Waals surface area contributed by atoms with E-state index >= 15 is 0 Å². The second-order valence-corrected chi connectivity index (χ2v) is 10.5. The molecule has 3 N–H and O–H groups in total. The van der Waals surface area contributed by atoms with Crippen LogP contribution in [0.5, 0.6) is 0 Å². The fourth-order valence-electron chi connectivity index (χ4n) is 4.20. The van der Waals surface area contributed by atoms with Gasteiger partial charge in [-0.05, 0) is 35.9 Å². The van der Waals surface area contributed by atoms with Crippen molar-refractivity contribution in [2.45, 2.75) is 23.4 Å². The Morgan fingerprint density at radius 3 is 2.07 bits per heavy atom. The summed E-state index contributed by atoms with van der Waals surface area (Å²) in [5.41, 5.74) is -5.04. The molecule has 3 amide bonds. The van der Waals surface area contributed by atoms with Crippen LogP contribution in [-0.4, -0.2) is 22.1 Å². The Labute approximate surface area is 241 Å². The van der Waals surface area contributed by atoms with Crippen molar-refractivity contribution in [3.63, 3.8) is 0 Å². The van der Waals surface area contributed by atoms with E-state index < -0.39 is 97.3 Å². The first-order valence-electron chi connectivity index (χ1n) is 11.5. The number of hydrogen-bond donors (Lipinski definition) is 3. The van der Waals surface area contributed by atoms with E-state index in [1.807, 2.05) is 10.6 Å². The van der Waals surface area contributed by atoms with Crippen LogP contribution in [0.15, 0.2) is 42.5 Å². The van der Waals surface area contributed by atoms with Gasteiger partial charge >= 0.3 is 6.18 Å². The highest BCUT2D eigenvalue weighted by Crippen LogP contribution is 2.65. The molecule has 0 radical (unpaired) electrons. The summed E-state index contributed by atoms with van der Waals surface area (Å²) in [6.07, 6.45) is -5.06.